The molecular formula is C65H42N2. The summed E-state index contributed by atoms with van der Waals surface area (Å²) in [5.74, 6) is 0.707. The Hall–Kier alpha value is -8.72. The largest absolute Gasteiger partial charge is 0.228 e. The van der Waals surface area contributed by atoms with Crippen molar-refractivity contribution in [3.05, 3.63) is 277 Å². The molecule has 0 atom stereocenters. The first kappa shape index (κ1) is 38.7. The van der Waals surface area contributed by atoms with Crippen LogP contribution in [0.1, 0.15) is 22.3 Å². The van der Waals surface area contributed by atoms with Gasteiger partial charge in [-0.05, 0) is 106 Å². The number of nitrogens with zero attached hydrogens (tertiary/aromatic N) is 2. The standard InChI is InChI=1S/C65H42N2/c1-3-24-49(25-4-1)65(50-26-5-2-6-27-50)59-34-14-13-31-58(59)63-53(32-17-35-60(63)65)47-23-15-22-46(41-47)52-38-39-56(55-30-12-11-29-54(52)55)62-42-61(48-37-36-43-18-7-8-20-45(43)40-48)66-64(67-62)57-33-16-21-44-19-9-10-28-51(44)57/h1-42H. The van der Waals surface area contributed by atoms with Crippen LogP contribution >= 0.6 is 0 Å². The lowest BCUT2D eigenvalue weighted by Crippen LogP contribution is -2.28. The second kappa shape index (κ2) is 15.8. The molecule has 2 nitrogen and oxygen atoms in total. The maximum atomic E-state index is 5.41. The number of fused-ring (bicyclic) bond motifs is 6. The van der Waals surface area contributed by atoms with Crippen LogP contribution in [0.3, 0.4) is 0 Å². The van der Waals surface area contributed by atoms with Gasteiger partial charge >= 0.3 is 0 Å². The molecule has 0 aliphatic heterocycles. The zero-order valence-corrected chi connectivity index (χ0v) is 36.6. The van der Waals surface area contributed by atoms with Gasteiger partial charge in [0.15, 0.2) is 5.82 Å². The molecule has 0 saturated heterocycles. The van der Waals surface area contributed by atoms with Gasteiger partial charge in [0.1, 0.15) is 0 Å². The molecule has 12 aromatic rings. The van der Waals surface area contributed by atoms with Gasteiger partial charge in [-0.25, -0.2) is 9.97 Å². The number of hydrogen-bond acceptors (Lipinski definition) is 2. The average Bonchev–Trinajstić information content (AvgIpc) is 3.72. The maximum absolute atomic E-state index is 5.41. The van der Waals surface area contributed by atoms with E-state index >= 15 is 0 Å². The van der Waals surface area contributed by atoms with Crippen LogP contribution in [0.25, 0.3) is 99.6 Å². The molecule has 312 valence electrons. The summed E-state index contributed by atoms with van der Waals surface area (Å²) in [6.45, 7) is 0. The Morgan fingerprint density at radius 1 is 0.269 bits per heavy atom. The summed E-state index contributed by atoms with van der Waals surface area (Å²) in [6, 6.07) is 92.6. The Bertz CT molecular complexity index is 3830. The van der Waals surface area contributed by atoms with Crippen LogP contribution in [0.5, 0.6) is 0 Å². The van der Waals surface area contributed by atoms with Gasteiger partial charge in [-0.3, -0.25) is 0 Å². The van der Waals surface area contributed by atoms with Crippen LogP contribution in [0.15, 0.2) is 255 Å². The van der Waals surface area contributed by atoms with Crippen LogP contribution in [0.4, 0.5) is 0 Å². The highest BCUT2D eigenvalue weighted by molar-refractivity contribution is 6.06. The Kier molecular flexibility index (Phi) is 9.11. The maximum Gasteiger partial charge on any atom is 0.161 e. The fourth-order valence-corrected chi connectivity index (χ4v) is 11.0. The van der Waals surface area contributed by atoms with Gasteiger partial charge in [-0.2, -0.15) is 0 Å². The molecule has 0 amide bonds. The van der Waals surface area contributed by atoms with Crippen molar-refractivity contribution in [3.8, 4) is 67.3 Å². The van der Waals surface area contributed by atoms with Crippen LogP contribution in [0, 0.1) is 0 Å². The molecule has 1 aliphatic carbocycles. The lowest BCUT2D eigenvalue weighted by Gasteiger charge is -2.34. The first-order valence-electron chi connectivity index (χ1n) is 23.1. The second-order valence-electron chi connectivity index (χ2n) is 17.6. The van der Waals surface area contributed by atoms with Crippen LogP contribution < -0.4 is 0 Å². The number of rotatable bonds is 7. The first-order chi connectivity index (χ1) is 33.2. The van der Waals surface area contributed by atoms with E-state index in [0.29, 0.717) is 5.82 Å². The minimum atomic E-state index is -0.462. The van der Waals surface area contributed by atoms with Gasteiger partial charge in [0, 0.05) is 16.7 Å². The molecule has 1 aliphatic rings. The topological polar surface area (TPSA) is 25.8 Å². The van der Waals surface area contributed by atoms with Crippen LogP contribution in [0.2, 0.25) is 0 Å². The van der Waals surface area contributed by atoms with Gasteiger partial charge in [-0.15, -0.1) is 0 Å². The molecule has 2 heteroatoms. The molecule has 67 heavy (non-hydrogen) atoms. The van der Waals surface area contributed by atoms with Crippen LogP contribution in [-0.4, -0.2) is 9.97 Å². The molecule has 1 aromatic heterocycles. The van der Waals surface area contributed by atoms with E-state index < -0.39 is 5.41 Å². The number of aromatic nitrogens is 2. The lowest BCUT2D eigenvalue weighted by atomic mass is 9.67. The van der Waals surface area contributed by atoms with E-state index in [4.69, 9.17) is 9.97 Å². The fourth-order valence-electron chi connectivity index (χ4n) is 11.0. The summed E-state index contributed by atoms with van der Waals surface area (Å²) in [7, 11) is 0. The van der Waals surface area contributed by atoms with Crippen molar-refractivity contribution in [3.63, 3.8) is 0 Å². The number of hydrogen-bond donors (Lipinski definition) is 0. The highest BCUT2D eigenvalue weighted by Gasteiger charge is 2.46. The third kappa shape index (κ3) is 6.26. The summed E-state index contributed by atoms with van der Waals surface area (Å²) in [5, 5.41) is 6.99. The Morgan fingerprint density at radius 3 is 1.60 bits per heavy atom. The SMILES string of the molecule is c1ccc(C2(c3ccccc3)c3ccccc3-c3c(-c4cccc(-c5ccc(-c6cc(-c7ccc8ccccc8c7)nc(-c7cccc8ccccc78)n6)c6ccccc56)c4)cccc32)cc1. The van der Waals surface area contributed by atoms with Crippen LogP contribution in [-0.2, 0) is 5.41 Å². The van der Waals surface area contributed by atoms with Gasteiger partial charge < -0.3 is 0 Å². The van der Waals surface area contributed by atoms with Crippen molar-refractivity contribution >= 4 is 32.3 Å². The predicted octanol–water partition coefficient (Wildman–Crippen LogP) is 16.6. The molecule has 0 unspecified atom stereocenters. The monoisotopic (exact) mass is 850 g/mol. The third-order valence-electron chi connectivity index (χ3n) is 14.0. The third-order valence-corrected chi connectivity index (χ3v) is 14.0. The molecule has 0 N–H and O–H groups in total. The van der Waals surface area contributed by atoms with E-state index in [1.807, 2.05) is 0 Å². The lowest BCUT2D eigenvalue weighted by molar-refractivity contribution is 0.768. The molecule has 11 aromatic carbocycles. The van der Waals surface area contributed by atoms with E-state index in [2.05, 4.69) is 255 Å². The van der Waals surface area contributed by atoms with E-state index in [0.717, 1.165) is 49.8 Å². The normalized spacial score (nSPS) is 12.6. The van der Waals surface area contributed by atoms with Crippen molar-refractivity contribution in [2.45, 2.75) is 5.41 Å². The van der Waals surface area contributed by atoms with Crippen molar-refractivity contribution in [2.75, 3.05) is 0 Å². The Balaban J connectivity index is 0.973. The van der Waals surface area contributed by atoms with Crippen molar-refractivity contribution in [2.24, 2.45) is 0 Å². The van der Waals surface area contributed by atoms with Gasteiger partial charge in [0.25, 0.3) is 0 Å². The summed E-state index contributed by atoms with van der Waals surface area (Å²) >= 11 is 0. The predicted molar refractivity (Wildman–Crippen MR) is 279 cm³/mol. The van der Waals surface area contributed by atoms with E-state index in [1.165, 1.54) is 66.2 Å². The van der Waals surface area contributed by atoms with Gasteiger partial charge in [0.2, 0.25) is 0 Å². The van der Waals surface area contributed by atoms with E-state index in [9.17, 15) is 0 Å². The zero-order chi connectivity index (χ0) is 44.3. The second-order valence-corrected chi connectivity index (χ2v) is 17.6. The molecule has 0 fully saturated rings. The first-order valence-corrected chi connectivity index (χ1v) is 23.1. The summed E-state index contributed by atoms with van der Waals surface area (Å²) < 4.78 is 0. The molecule has 0 radical (unpaired) electrons. The summed E-state index contributed by atoms with van der Waals surface area (Å²) in [5.41, 5.74) is 16.9. The molecular weight excluding hydrogens is 809 g/mol. The molecule has 0 spiro atoms. The Morgan fingerprint density at radius 2 is 0.806 bits per heavy atom. The van der Waals surface area contributed by atoms with Gasteiger partial charge in [-0.1, -0.05) is 237 Å². The zero-order valence-electron chi connectivity index (χ0n) is 36.6. The molecule has 0 saturated carbocycles. The summed E-state index contributed by atoms with van der Waals surface area (Å²) in [4.78, 5) is 10.7. The van der Waals surface area contributed by atoms with Crippen molar-refractivity contribution in [1.29, 1.82) is 0 Å². The molecule has 0 bridgehead atoms. The van der Waals surface area contributed by atoms with Gasteiger partial charge in [0.05, 0.1) is 16.8 Å². The van der Waals surface area contributed by atoms with Crippen molar-refractivity contribution < 1.29 is 0 Å². The van der Waals surface area contributed by atoms with Crippen molar-refractivity contribution in [1.82, 2.24) is 9.97 Å². The minimum absolute atomic E-state index is 0.462. The molecule has 1 heterocycles. The smallest absolute Gasteiger partial charge is 0.161 e. The van der Waals surface area contributed by atoms with E-state index in [1.54, 1.807) is 0 Å². The quantitative estimate of drug-likeness (QED) is 0.160. The molecule has 13 rings (SSSR count). The summed E-state index contributed by atoms with van der Waals surface area (Å²) in [6.07, 6.45) is 0. The van der Waals surface area contributed by atoms with E-state index in [-0.39, 0.29) is 0 Å². The average molecular weight is 851 g/mol. The highest BCUT2D eigenvalue weighted by Crippen LogP contribution is 2.58. The highest BCUT2D eigenvalue weighted by atomic mass is 14.9. The Labute approximate surface area is 390 Å². The minimum Gasteiger partial charge on any atom is -0.228 e. The fraction of sp³-hybridized carbons (Fsp3) is 0.0154. The number of benzene rings is 11.